The Bertz CT molecular complexity index is 1250. The van der Waals surface area contributed by atoms with Crippen LogP contribution in [-0.4, -0.2) is 84.5 Å². The van der Waals surface area contributed by atoms with Crippen molar-refractivity contribution in [3.8, 4) is 11.3 Å². The second-order valence-corrected chi connectivity index (χ2v) is 9.70. The van der Waals surface area contributed by atoms with Crippen LogP contribution in [0.25, 0.3) is 11.3 Å². The monoisotopic (exact) mass is 542 g/mol. The van der Waals surface area contributed by atoms with E-state index in [0.29, 0.717) is 18.5 Å². The number of methoxy groups -OCH3 is 1. The fourth-order valence-corrected chi connectivity index (χ4v) is 5.31. The molecule has 3 heterocycles. The van der Waals surface area contributed by atoms with Crippen molar-refractivity contribution in [3.05, 3.63) is 46.9 Å². The molecule has 0 bridgehead atoms. The molecule has 7 atom stereocenters. The quantitative estimate of drug-likeness (QED) is 0.437. The number of benzene rings is 1. The molecule has 10 nitrogen and oxygen atoms in total. The molecule has 0 unspecified atom stereocenters. The fourth-order valence-electron chi connectivity index (χ4n) is 5.17. The van der Waals surface area contributed by atoms with Gasteiger partial charge in [0.1, 0.15) is 36.2 Å². The Kier molecular flexibility index (Phi) is 7.50. The standard InChI is InChI=1S/C23H26ClF3N6O4/c1-36-23-17(7-11-8-32(30-28-11)16-4-2-3-14(16)25)37-18(10-34)22(35)21(23)33-9-15(29-31-33)12-5-6-13(24)20(27)19(12)26/h5-6,8-9,14,16-18,21-23,34-35H,2-4,7,10H2,1H3/t14-,16-,17-,18-,21+,22+,23+/m1/s1. The third-order valence-electron chi connectivity index (χ3n) is 7.07. The minimum Gasteiger partial charge on any atom is -0.394 e. The Hall–Kier alpha value is -2.58. The van der Waals surface area contributed by atoms with E-state index >= 15 is 0 Å². The van der Waals surface area contributed by atoms with E-state index in [-0.39, 0.29) is 28.7 Å². The Balaban J connectivity index is 1.42. The molecular formula is C23H26ClF3N6O4. The summed E-state index contributed by atoms with van der Waals surface area (Å²) in [5.41, 5.74) is 0.378. The zero-order chi connectivity index (χ0) is 26.3. The van der Waals surface area contributed by atoms with Gasteiger partial charge in [0.25, 0.3) is 0 Å². The summed E-state index contributed by atoms with van der Waals surface area (Å²) in [6.45, 7) is -0.499. The number of ether oxygens (including phenoxy) is 2. The van der Waals surface area contributed by atoms with E-state index in [1.807, 2.05) is 0 Å². The first kappa shape index (κ1) is 26.0. The van der Waals surface area contributed by atoms with Crippen molar-refractivity contribution in [2.45, 2.75) is 68.4 Å². The lowest BCUT2D eigenvalue weighted by Crippen LogP contribution is -2.57. The van der Waals surface area contributed by atoms with Crippen LogP contribution < -0.4 is 0 Å². The van der Waals surface area contributed by atoms with E-state index in [9.17, 15) is 23.4 Å². The Morgan fingerprint density at radius 3 is 2.59 bits per heavy atom. The Labute approximate surface area is 214 Å². The van der Waals surface area contributed by atoms with Gasteiger partial charge in [0.05, 0.1) is 35.7 Å². The van der Waals surface area contributed by atoms with Crippen LogP contribution in [0.2, 0.25) is 5.02 Å². The van der Waals surface area contributed by atoms with Gasteiger partial charge in [0.15, 0.2) is 11.6 Å². The maximum absolute atomic E-state index is 14.5. The summed E-state index contributed by atoms with van der Waals surface area (Å²) in [5.74, 6) is -2.39. The van der Waals surface area contributed by atoms with Gasteiger partial charge in [0.2, 0.25) is 0 Å². The third-order valence-corrected chi connectivity index (χ3v) is 7.36. The Morgan fingerprint density at radius 1 is 1.11 bits per heavy atom. The normalized spacial score (nSPS) is 30.2. The largest absolute Gasteiger partial charge is 0.394 e. The van der Waals surface area contributed by atoms with Crippen molar-refractivity contribution < 1.29 is 32.9 Å². The number of nitrogens with zero attached hydrogens (tertiary/aromatic N) is 6. The van der Waals surface area contributed by atoms with Crippen LogP contribution in [0.1, 0.15) is 37.0 Å². The highest BCUT2D eigenvalue weighted by molar-refractivity contribution is 6.30. The molecule has 2 aromatic heterocycles. The second-order valence-electron chi connectivity index (χ2n) is 9.29. The summed E-state index contributed by atoms with van der Waals surface area (Å²) in [7, 11) is 1.43. The summed E-state index contributed by atoms with van der Waals surface area (Å²) in [5, 5.41) is 36.7. The van der Waals surface area contributed by atoms with E-state index in [1.54, 1.807) is 6.20 Å². The van der Waals surface area contributed by atoms with Gasteiger partial charge in [-0.25, -0.2) is 22.5 Å². The molecule has 1 aliphatic heterocycles. The fraction of sp³-hybridized carbons (Fsp3) is 0.565. The lowest BCUT2D eigenvalue weighted by molar-refractivity contribution is -0.212. The molecule has 2 aliphatic rings. The molecule has 200 valence electrons. The number of aromatic nitrogens is 6. The van der Waals surface area contributed by atoms with E-state index in [1.165, 1.54) is 34.8 Å². The molecule has 0 amide bonds. The minimum atomic E-state index is -1.27. The SMILES string of the molecule is CO[C@@H]1[C@@H](n2cc(-c3ccc(Cl)c(F)c3F)nn2)[C@@H](O)[C@@H](CO)O[C@@H]1Cc1cn([C@@H]2CCC[C@H]2F)nn1. The van der Waals surface area contributed by atoms with Gasteiger partial charge in [-0.3, -0.25) is 0 Å². The molecule has 5 rings (SSSR count). The predicted molar refractivity (Wildman–Crippen MR) is 123 cm³/mol. The number of halogens is 4. The highest BCUT2D eigenvalue weighted by Crippen LogP contribution is 2.35. The number of aliphatic hydroxyl groups is 2. The van der Waals surface area contributed by atoms with E-state index in [4.69, 9.17) is 21.1 Å². The molecular weight excluding hydrogens is 517 g/mol. The maximum atomic E-state index is 14.5. The molecule has 37 heavy (non-hydrogen) atoms. The highest BCUT2D eigenvalue weighted by atomic mass is 35.5. The van der Waals surface area contributed by atoms with Crippen molar-refractivity contribution in [1.82, 2.24) is 30.0 Å². The van der Waals surface area contributed by atoms with Gasteiger partial charge < -0.3 is 19.7 Å². The molecule has 2 fully saturated rings. The smallest absolute Gasteiger partial charge is 0.178 e. The van der Waals surface area contributed by atoms with Crippen molar-refractivity contribution in [3.63, 3.8) is 0 Å². The lowest BCUT2D eigenvalue weighted by Gasteiger charge is -2.43. The van der Waals surface area contributed by atoms with Gasteiger partial charge in [-0.1, -0.05) is 22.0 Å². The van der Waals surface area contributed by atoms with Crippen LogP contribution in [0.15, 0.2) is 24.5 Å². The predicted octanol–water partition coefficient (Wildman–Crippen LogP) is 2.45. The van der Waals surface area contributed by atoms with Gasteiger partial charge in [-0.15, -0.1) is 10.2 Å². The highest BCUT2D eigenvalue weighted by Gasteiger charge is 2.47. The number of alkyl halides is 1. The second kappa shape index (κ2) is 10.7. The average Bonchev–Trinajstić information content (AvgIpc) is 3.64. The number of hydrogen-bond acceptors (Lipinski definition) is 8. The lowest BCUT2D eigenvalue weighted by atomic mass is 9.90. The van der Waals surface area contributed by atoms with Crippen molar-refractivity contribution in [2.75, 3.05) is 13.7 Å². The van der Waals surface area contributed by atoms with Gasteiger partial charge >= 0.3 is 0 Å². The average molecular weight is 543 g/mol. The number of aliphatic hydroxyl groups excluding tert-OH is 2. The van der Waals surface area contributed by atoms with Crippen LogP contribution in [0.5, 0.6) is 0 Å². The van der Waals surface area contributed by atoms with Crippen LogP contribution in [0, 0.1) is 11.6 Å². The number of hydrogen-bond donors (Lipinski definition) is 2. The molecule has 14 heteroatoms. The first-order chi connectivity index (χ1) is 17.8. The molecule has 2 N–H and O–H groups in total. The van der Waals surface area contributed by atoms with Crippen LogP contribution in [0.3, 0.4) is 0 Å². The third kappa shape index (κ3) is 4.86. The van der Waals surface area contributed by atoms with E-state index in [2.05, 4.69) is 20.6 Å². The molecule has 1 saturated carbocycles. The summed E-state index contributed by atoms with van der Waals surface area (Å²) < 4.78 is 57.1. The molecule has 1 saturated heterocycles. The van der Waals surface area contributed by atoms with Crippen LogP contribution in [0.4, 0.5) is 13.2 Å². The van der Waals surface area contributed by atoms with Gasteiger partial charge in [-0.2, -0.15) is 0 Å². The molecule has 0 spiro atoms. The molecule has 3 aromatic rings. The summed E-state index contributed by atoms with van der Waals surface area (Å²) in [4.78, 5) is 0. The summed E-state index contributed by atoms with van der Waals surface area (Å²) in [6, 6.07) is 1.22. The first-order valence-corrected chi connectivity index (χ1v) is 12.3. The van der Waals surface area contributed by atoms with E-state index < -0.39 is 54.9 Å². The topological polar surface area (TPSA) is 120 Å². The van der Waals surface area contributed by atoms with Crippen molar-refractivity contribution in [2.24, 2.45) is 0 Å². The summed E-state index contributed by atoms with van der Waals surface area (Å²) in [6.07, 6.45) is 0.396. The van der Waals surface area contributed by atoms with Gasteiger partial charge in [-0.05, 0) is 31.4 Å². The van der Waals surface area contributed by atoms with Gasteiger partial charge in [0, 0.05) is 25.3 Å². The van der Waals surface area contributed by atoms with E-state index in [0.717, 1.165) is 6.42 Å². The molecule has 1 aliphatic carbocycles. The zero-order valence-electron chi connectivity index (χ0n) is 19.8. The first-order valence-electron chi connectivity index (χ1n) is 11.9. The van der Waals surface area contributed by atoms with Crippen LogP contribution in [-0.2, 0) is 15.9 Å². The maximum Gasteiger partial charge on any atom is 0.178 e. The Morgan fingerprint density at radius 2 is 1.89 bits per heavy atom. The van der Waals surface area contributed by atoms with Crippen molar-refractivity contribution >= 4 is 11.6 Å². The van der Waals surface area contributed by atoms with Crippen molar-refractivity contribution in [1.29, 1.82) is 0 Å². The zero-order valence-corrected chi connectivity index (χ0v) is 20.5. The van der Waals surface area contributed by atoms with Crippen LogP contribution >= 0.6 is 11.6 Å². The molecule has 0 radical (unpaired) electrons. The minimum absolute atomic E-state index is 0.0130. The summed E-state index contributed by atoms with van der Waals surface area (Å²) >= 11 is 5.64. The molecule has 1 aromatic carbocycles. The number of rotatable bonds is 7.